The lowest BCUT2D eigenvalue weighted by atomic mass is 9.98. The average molecular weight is 219 g/mol. The second-order valence-corrected chi connectivity index (χ2v) is 5.14. The van der Waals surface area contributed by atoms with Crippen LogP contribution in [0.3, 0.4) is 0 Å². The quantitative estimate of drug-likeness (QED) is 0.845. The van der Waals surface area contributed by atoms with Gasteiger partial charge in [0.2, 0.25) is 0 Å². The zero-order valence-corrected chi connectivity index (χ0v) is 10.2. The normalized spacial score (nSPS) is 22.2. The van der Waals surface area contributed by atoms with Gasteiger partial charge < -0.3 is 5.73 Å². The molecule has 88 valence electrons. The number of likely N-dealkylation sites (tertiary alicyclic amines) is 1. The minimum absolute atomic E-state index is 0.271. The molecule has 0 amide bonds. The predicted octanol–water partition coefficient (Wildman–Crippen LogP) is 1.96. The third-order valence-corrected chi connectivity index (χ3v) is 3.66. The standard InChI is InChI=1S/C13H21N3/c1-13(2)6-3-9-16(13)12(10-14)11-4-7-15-8-5-11/h4-5,7-8,12H,3,6,9-10,14H2,1-2H3. The minimum Gasteiger partial charge on any atom is -0.329 e. The van der Waals surface area contributed by atoms with Gasteiger partial charge in [-0.2, -0.15) is 0 Å². The van der Waals surface area contributed by atoms with Crippen LogP contribution in [0.2, 0.25) is 0 Å². The Morgan fingerprint density at radius 2 is 2.12 bits per heavy atom. The lowest BCUT2D eigenvalue weighted by molar-refractivity contribution is 0.119. The van der Waals surface area contributed by atoms with E-state index in [1.807, 2.05) is 12.4 Å². The second-order valence-electron chi connectivity index (χ2n) is 5.14. The van der Waals surface area contributed by atoms with E-state index in [9.17, 15) is 0 Å². The van der Waals surface area contributed by atoms with Crippen molar-refractivity contribution in [3.05, 3.63) is 30.1 Å². The molecule has 0 bridgehead atoms. The summed E-state index contributed by atoms with van der Waals surface area (Å²) >= 11 is 0. The molecule has 2 N–H and O–H groups in total. The Hall–Kier alpha value is -0.930. The zero-order chi connectivity index (χ0) is 11.6. The van der Waals surface area contributed by atoms with E-state index < -0.39 is 0 Å². The van der Waals surface area contributed by atoms with E-state index in [1.54, 1.807) is 0 Å². The molecule has 0 saturated carbocycles. The summed E-state index contributed by atoms with van der Waals surface area (Å²) in [4.78, 5) is 6.60. The molecule has 1 unspecified atom stereocenters. The van der Waals surface area contributed by atoms with Crippen molar-refractivity contribution in [1.82, 2.24) is 9.88 Å². The highest BCUT2D eigenvalue weighted by Crippen LogP contribution is 2.35. The monoisotopic (exact) mass is 219 g/mol. The van der Waals surface area contributed by atoms with E-state index >= 15 is 0 Å². The van der Waals surface area contributed by atoms with Gasteiger partial charge in [-0.05, 0) is 50.9 Å². The smallest absolute Gasteiger partial charge is 0.0476 e. The summed E-state index contributed by atoms with van der Waals surface area (Å²) in [6.07, 6.45) is 6.23. The molecule has 0 radical (unpaired) electrons. The van der Waals surface area contributed by atoms with Crippen LogP contribution in [0.5, 0.6) is 0 Å². The average Bonchev–Trinajstić information content (AvgIpc) is 2.62. The van der Waals surface area contributed by atoms with E-state index in [1.165, 1.54) is 18.4 Å². The van der Waals surface area contributed by atoms with Gasteiger partial charge in [-0.3, -0.25) is 9.88 Å². The molecule has 1 saturated heterocycles. The van der Waals surface area contributed by atoms with Crippen molar-refractivity contribution >= 4 is 0 Å². The van der Waals surface area contributed by atoms with Crippen LogP contribution < -0.4 is 5.73 Å². The van der Waals surface area contributed by atoms with Crippen LogP contribution in [0.4, 0.5) is 0 Å². The van der Waals surface area contributed by atoms with E-state index in [0.29, 0.717) is 12.6 Å². The first kappa shape index (κ1) is 11.6. The molecule has 1 atom stereocenters. The summed E-state index contributed by atoms with van der Waals surface area (Å²) in [6, 6.07) is 4.48. The van der Waals surface area contributed by atoms with Gasteiger partial charge in [0.05, 0.1) is 0 Å². The Bertz CT molecular complexity index is 334. The van der Waals surface area contributed by atoms with Crippen LogP contribution in [0.25, 0.3) is 0 Å². The van der Waals surface area contributed by atoms with Crippen molar-refractivity contribution in [3.8, 4) is 0 Å². The molecule has 3 nitrogen and oxygen atoms in total. The van der Waals surface area contributed by atoms with Crippen LogP contribution in [0, 0.1) is 0 Å². The third-order valence-electron chi connectivity index (χ3n) is 3.66. The number of aromatic nitrogens is 1. The molecule has 1 aromatic heterocycles. The van der Waals surface area contributed by atoms with Crippen molar-refractivity contribution in [1.29, 1.82) is 0 Å². The minimum atomic E-state index is 0.271. The lowest BCUT2D eigenvalue weighted by Crippen LogP contribution is -2.43. The Kier molecular flexibility index (Phi) is 3.26. The molecule has 1 aromatic rings. The zero-order valence-electron chi connectivity index (χ0n) is 10.2. The molecular weight excluding hydrogens is 198 g/mol. The van der Waals surface area contributed by atoms with Crippen molar-refractivity contribution in [2.75, 3.05) is 13.1 Å². The third kappa shape index (κ3) is 2.11. The molecule has 1 fully saturated rings. The van der Waals surface area contributed by atoms with Crippen LogP contribution in [0.1, 0.15) is 38.3 Å². The Labute approximate surface area is 97.7 Å². The van der Waals surface area contributed by atoms with Crippen molar-refractivity contribution < 1.29 is 0 Å². The van der Waals surface area contributed by atoms with Gasteiger partial charge in [0, 0.05) is 30.5 Å². The van der Waals surface area contributed by atoms with Gasteiger partial charge in [-0.1, -0.05) is 0 Å². The van der Waals surface area contributed by atoms with Crippen molar-refractivity contribution in [2.24, 2.45) is 5.73 Å². The first-order valence-electron chi connectivity index (χ1n) is 6.02. The van der Waals surface area contributed by atoms with E-state index in [2.05, 4.69) is 35.9 Å². The van der Waals surface area contributed by atoms with E-state index in [0.717, 1.165) is 6.54 Å². The van der Waals surface area contributed by atoms with E-state index in [-0.39, 0.29) is 5.54 Å². The first-order chi connectivity index (χ1) is 7.65. The number of hydrogen-bond acceptors (Lipinski definition) is 3. The van der Waals surface area contributed by atoms with E-state index in [4.69, 9.17) is 5.73 Å². The molecule has 16 heavy (non-hydrogen) atoms. The van der Waals surface area contributed by atoms with Gasteiger partial charge in [-0.15, -0.1) is 0 Å². The van der Waals surface area contributed by atoms with Crippen LogP contribution in [-0.4, -0.2) is 28.5 Å². The van der Waals surface area contributed by atoms with Gasteiger partial charge in [0.25, 0.3) is 0 Å². The summed E-state index contributed by atoms with van der Waals surface area (Å²) in [6.45, 7) is 6.44. The second kappa shape index (κ2) is 4.52. The van der Waals surface area contributed by atoms with Crippen molar-refractivity contribution in [3.63, 3.8) is 0 Å². The van der Waals surface area contributed by atoms with Crippen molar-refractivity contribution in [2.45, 2.75) is 38.3 Å². The highest BCUT2D eigenvalue weighted by Gasteiger charge is 2.36. The molecule has 2 heterocycles. The molecule has 3 heteroatoms. The molecule has 0 aliphatic carbocycles. The van der Waals surface area contributed by atoms with Crippen LogP contribution in [0.15, 0.2) is 24.5 Å². The highest BCUT2D eigenvalue weighted by molar-refractivity contribution is 5.17. The number of hydrogen-bond donors (Lipinski definition) is 1. The molecule has 0 spiro atoms. The van der Waals surface area contributed by atoms with Crippen LogP contribution in [-0.2, 0) is 0 Å². The van der Waals surface area contributed by atoms with Crippen LogP contribution >= 0.6 is 0 Å². The molecule has 2 rings (SSSR count). The molecule has 1 aliphatic heterocycles. The van der Waals surface area contributed by atoms with Gasteiger partial charge in [-0.25, -0.2) is 0 Å². The Morgan fingerprint density at radius 3 is 2.62 bits per heavy atom. The van der Waals surface area contributed by atoms with Gasteiger partial charge in [0.1, 0.15) is 0 Å². The summed E-state index contributed by atoms with van der Waals surface area (Å²) in [5.74, 6) is 0. The Morgan fingerprint density at radius 1 is 1.44 bits per heavy atom. The summed E-state index contributed by atoms with van der Waals surface area (Å²) in [7, 11) is 0. The van der Waals surface area contributed by atoms with Gasteiger partial charge >= 0.3 is 0 Å². The first-order valence-corrected chi connectivity index (χ1v) is 6.02. The molecule has 0 aromatic carbocycles. The fraction of sp³-hybridized carbons (Fsp3) is 0.615. The molecule has 1 aliphatic rings. The molecular formula is C13H21N3. The summed E-state index contributed by atoms with van der Waals surface area (Å²) < 4.78 is 0. The van der Waals surface area contributed by atoms with Gasteiger partial charge in [0.15, 0.2) is 0 Å². The summed E-state index contributed by atoms with van der Waals surface area (Å²) in [5.41, 5.74) is 7.50. The predicted molar refractivity (Wildman–Crippen MR) is 66.1 cm³/mol. The fourth-order valence-electron chi connectivity index (χ4n) is 2.73. The highest BCUT2D eigenvalue weighted by atomic mass is 15.2. The SMILES string of the molecule is CC1(C)CCCN1C(CN)c1ccncc1. The lowest BCUT2D eigenvalue weighted by Gasteiger charge is -2.38. The number of rotatable bonds is 3. The number of nitrogens with zero attached hydrogens (tertiary/aromatic N) is 2. The largest absolute Gasteiger partial charge is 0.329 e. The number of nitrogens with two attached hydrogens (primary N) is 1. The maximum absolute atomic E-state index is 5.94. The topological polar surface area (TPSA) is 42.1 Å². The Balaban J connectivity index is 2.23. The fourth-order valence-corrected chi connectivity index (χ4v) is 2.73. The number of pyridine rings is 1. The maximum Gasteiger partial charge on any atom is 0.0476 e. The maximum atomic E-state index is 5.94. The summed E-state index contributed by atoms with van der Waals surface area (Å²) in [5, 5.41) is 0.